The number of aliphatic hydroxyl groups is 1. The maximum atomic E-state index is 10.2. The van der Waals surface area contributed by atoms with Gasteiger partial charge in [0.2, 0.25) is 0 Å². The molecule has 1 aromatic rings. The summed E-state index contributed by atoms with van der Waals surface area (Å²) in [6.07, 6.45) is 3.53. The van der Waals surface area contributed by atoms with Gasteiger partial charge >= 0.3 is 0 Å². The molecule has 1 aliphatic carbocycles. The lowest BCUT2D eigenvalue weighted by molar-refractivity contribution is 0.0226. The van der Waals surface area contributed by atoms with Crippen molar-refractivity contribution in [3.63, 3.8) is 0 Å². The standard InChI is InChI=1S/C18H27NO4/c1-4-10-23-13-16(20)12-19(15-8-9-15)11-14-6-5-7-17(21-2)18(14)22-3/h4-7,15-16,20H,1,8-13H2,2-3H3. The van der Waals surface area contributed by atoms with Crippen molar-refractivity contribution in [1.29, 1.82) is 0 Å². The summed E-state index contributed by atoms with van der Waals surface area (Å²) in [6, 6.07) is 6.42. The molecular formula is C18H27NO4. The molecule has 0 heterocycles. The SMILES string of the molecule is C=CCOCC(O)CN(Cc1cccc(OC)c1OC)C1CC1. The summed E-state index contributed by atoms with van der Waals surface area (Å²) in [6.45, 7) is 5.70. The van der Waals surface area contributed by atoms with Gasteiger partial charge in [-0.15, -0.1) is 6.58 Å². The lowest BCUT2D eigenvalue weighted by atomic mass is 10.1. The second kappa shape index (κ2) is 8.91. The first kappa shape index (κ1) is 17.8. The summed E-state index contributed by atoms with van der Waals surface area (Å²) >= 11 is 0. The lowest BCUT2D eigenvalue weighted by Crippen LogP contribution is -2.36. The van der Waals surface area contributed by atoms with Gasteiger partial charge in [0.25, 0.3) is 0 Å². The van der Waals surface area contributed by atoms with E-state index in [0.717, 1.165) is 23.6 Å². The van der Waals surface area contributed by atoms with E-state index in [1.54, 1.807) is 20.3 Å². The summed E-state index contributed by atoms with van der Waals surface area (Å²) in [5.41, 5.74) is 1.07. The first-order valence-electron chi connectivity index (χ1n) is 8.00. The van der Waals surface area contributed by atoms with Crippen molar-refractivity contribution in [2.75, 3.05) is 34.0 Å². The molecule has 23 heavy (non-hydrogen) atoms. The molecular weight excluding hydrogens is 294 g/mol. The minimum Gasteiger partial charge on any atom is -0.493 e. The Morgan fingerprint density at radius 1 is 1.35 bits per heavy atom. The van der Waals surface area contributed by atoms with Crippen LogP contribution in [0.3, 0.4) is 0 Å². The van der Waals surface area contributed by atoms with Crippen molar-refractivity contribution in [2.24, 2.45) is 0 Å². The number of benzene rings is 1. The topological polar surface area (TPSA) is 51.2 Å². The Bertz CT molecular complexity index is 502. The number of para-hydroxylation sites is 1. The van der Waals surface area contributed by atoms with Gasteiger partial charge in [-0.1, -0.05) is 18.2 Å². The number of hydrogen-bond donors (Lipinski definition) is 1. The highest BCUT2D eigenvalue weighted by Gasteiger charge is 2.31. The van der Waals surface area contributed by atoms with Crippen LogP contribution in [0.4, 0.5) is 0 Å². The third kappa shape index (κ3) is 5.23. The molecule has 0 radical (unpaired) electrons. The highest BCUT2D eigenvalue weighted by molar-refractivity contribution is 5.46. The van der Waals surface area contributed by atoms with Gasteiger partial charge in [-0.3, -0.25) is 4.90 Å². The number of aliphatic hydroxyl groups excluding tert-OH is 1. The van der Waals surface area contributed by atoms with Crippen LogP contribution in [0.1, 0.15) is 18.4 Å². The first-order chi connectivity index (χ1) is 11.2. The largest absolute Gasteiger partial charge is 0.493 e. The van der Waals surface area contributed by atoms with Crippen molar-refractivity contribution in [1.82, 2.24) is 4.90 Å². The highest BCUT2D eigenvalue weighted by Crippen LogP contribution is 2.34. The fourth-order valence-corrected chi connectivity index (χ4v) is 2.69. The number of nitrogens with zero attached hydrogens (tertiary/aromatic N) is 1. The summed E-state index contributed by atoms with van der Waals surface area (Å²) in [5.74, 6) is 1.49. The van der Waals surface area contributed by atoms with Crippen molar-refractivity contribution in [3.05, 3.63) is 36.4 Å². The minimum absolute atomic E-state index is 0.324. The maximum absolute atomic E-state index is 10.2. The summed E-state index contributed by atoms with van der Waals surface area (Å²) in [7, 11) is 3.29. The van der Waals surface area contributed by atoms with Crippen LogP contribution in [0.15, 0.2) is 30.9 Å². The quantitative estimate of drug-likeness (QED) is 0.500. The molecule has 0 bridgehead atoms. The molecule has 2 rings (SSSR count). The average molecular weight is 321 g/mol. The van der Waals surface area contributed by atoms with Crippen LogP contribution in [0.2, 0.25) is 0 Å². The third-order valence-electron chi connectivity index (χ3n) is 3.91. The van der Waals surface area contributed by atoms with Crippen molar-refractivity contribution in [2.45, 2.75) is 31.5 Å². The van der Waals surface area contributed by atoms with E-state index in [1.807, 2.05) is 18.2 Å². The Morgan fingerprint density at radius 3 is 2.74 bits per heavy atom. The van der Waals surface area contributed by atoms with Gasteiger partial charge in [0.1, 0.15) is 0 Å². The summed E-state index contributed by atoms with van der Waals surface area (Å²) in [5, 5.41) is 10.2. The molecule has 1 aromatic carbocycles. The fourth-order valence-electron chi connectivity index (χ4n) is 2.69. The van der Waals surface area contributed by atoms with Crippen LogP contribution in [0.25, 0.3) is 0 Å². The molecule has 0 saturated heterocycles. The Balaban J connectivity index is 2.01. The van der Waals surface area contributed by atoms with E-state index < -0.39 is 6.10 Å². The van der Waals surface area contributed by atoms with E-state index in [-0.39, 0.29) is 0 Å². The van der Waals surface area contributed by atoms with Crippen LogP contribution in [0, 0.1) is 0 Å². The molecule has 0 aromatic heterocycles. The van der Waals surface area contributed by atoms with Gasteiger partial charge in [-0.2, -0.15) is 0 Å². The number of rotatable bonds is 11. The molecule has 1 unspecified atom stereocenters. The van der Waals surface area contributed by atoms with Gasteiger partial charge in [-0.05, 0) is 18.9 Å². The molecule has 1 saturated carbocycles. The van der Waals surface area contributed by atoms with E-state index in [1.165, 1.54) is 12.8 Å². The molecule has 128 valence electrons. The highest BCUT2D eigenvalue weighted by atomic mass is 16.5. The van der Waals surface area contributed by atoms with Crippen molar-refractivity contribution >= 4 is 0 Å². The molecule has 1 atom stereocenters. The maximum Gasteiger partial charge on any atom is 0.165 e. The Morgan fingerprint density at radius 2 is 2.13 bits per heavy atom. The van der Waals surface area contributed by atoms with Crippen LogP contribution in [-0.2, 0) is 11.3 Å². The molecule has 1 aliphatic rings. The average Bonchev–Trinajstić information content (AvgIpc) is 3.39. The first-order valence-corrected chi connectivity index (χ1v) is 8.00. The van der Waals surface area contributed by atoms with Gasteiger partial charge < -0.3 is 19.3 Å². The molecule has 5 nitrogen and oxygen atoms in total. The third-order valence-corrected chi connectivity index (χ3v) is 3.91. The van der Waals surface area contributed by atoms with E-state index >= 15 is 0 Å². The predicted octanol–water partition coefficient (Wildman–Crippen LogP) is 2.23. The van der Waals surface area contributed by atoms with Gasteiger partial charge in [0.15, 0.2) is 11.5 Å². The molecule has 0 amide bonds. The zero-order valence-corrected chi connectivity index (χ0v) is 14.0. The zero-order chi connectivity index (χ0) is 16.7. The van der Waals surface area contributed by atoms with Crippen LogP contribution in [-0.4, -0.2) is 56.1 Å². The second-order valence-corrected chi connectivity index (χ2v) is 5.79. The summed E-state index contributed by atoms with van der Waals surface area (Å²) < 4.78 is 16.2. The Labute approximate surface area is 138 Å². The van der Waals surface area contributed by atoms with E-state index in [4.69, 9.17) is 14.2 Å². The van der Waals surface area contributed by atoms with Crippen LogP contribution >= 0.6 is 0 Å². The normalized spacial score (nSPS) is 15.5. The predicted molar refractivity (Wildman–Crippen MR) is 90.0 cm³/mol. The van der Waals surface area contributed by atoms with Gasteiger partial charge in [0, 0.05) is 24.7 Å². The Kier molecular flexibility index (Phi) is 6.89. The van der Waals surface area contributed by atoms with E-state index in [0.29, 0.717) is 25.8 Å². The summed E-state index contributed by atoms with van der Waals surface area (Å²) in [4.78, 5) is 2.29. The smallest absolute Gasteiger partial charge is 0.165 e. The Hall–Kier alpha value is -1.56. The van der Waals surface area contributed by atoms with Gasteiger partial charge in [-0.25, -0.2) is 0 Å². The van der Waals surface area contributed by atoms with Crippen molar-refractivity contribution in [3.8, 4) is 11.5 Å². The van der Waals surface area contributed by atoms with E-state index in [9.17, 15) is 5.11 Å². The number of ether oxygens (including phenoxy) is 3. The fraction of sp³-hybridized carbons (Fsp3) is 0.556. The number of methoxy groups -OCH3 is 2. The monoisotopic (exact) mass is 321 g/mol. The van der Waals surface area contributed by atoms with Crippen molar-refractivity contribution < 1.29 is 19.3 Å². The lowest BCUT2D eigenvalue weighted by Gasteiger charge is -2.26. The van der Waals surface area contributed by atoms with E-state index in [2.05, 4.69) is 11.5 Å². The minimum atomic E-state index is -0.507. The molecule has 0 spiro atoms. The molecule has 1 N–H and O–H groups in total. The number of hydrogen-bond acceptors (Lipinski definition) is 5. The van der Waals surface area contributed by atoms with Gasteiger partial charge in [0.05, 0.1) is 33.5 Å². The molecule has 1 fully saturated rings. The zero-order valence-electron chi connectivity index (χ0n) is 14.0. The van der Waals surface area contributed by atoms with Crippen LogP contribution in [0.5, 0.6) is 11.5 Å². The van der Waals surface area contributed by atoms with Crippen LogP contribution < -0.4 is 9.47 Å². The molecule has 5 heteroatoms. The molecule has 0 aliphatic heterocycles. The second-order valence-electron chi connectivity index (χ2n) is 5.79.